The van der Waals surface area contributed by atoms with Crippen LogP contribution in [0.1, 0.15) is 36.5 Å². The molecule has 0 aromatic heterocycles. The van der Waals surface area contributed by atoms with Crippen LogP contribution >= 0.6 is 11.8 Å². The number of likely N-dealkylation sites (tertiary alicyclic amines) is 1. The maximum atomic E-state index is 13.5. The van der Waals surface area contributed by atoms with E-state index < -0.39 is 46.8 Å². The summed E-state index contributed by atoms with van der Waals surface area (Å²) >= 11 is 0.896. The minimum absolute atomic E-state index is 0.0455. The summed E-state index contributed by atoms with van der Waals surface area (Å²) in [7, 11) is 3.04. The van der Waals surface area contributed by atoms with Crippen LogP contribution in [0.15, 0.2) is 34.2 Å². The number of nitrogens with zero attached hydrogens (tertiary/aromatic N) is 3. The van der Waals surface area contributed by atoms with Crippen molar-refractivity contribution in [2.24, 2.45) is 10.9 Å². The van der Waals surface area contributed by atoms with Crippen molar-refractivity contribution in [3.05, 3.63) is 45.9 Å². The lowest BCUT2D eigenvalue weighted by Crippen LogP contribution is -2.40. The summed E-state index contributed by atoms with van der Waals surface area (Å²) in [6.07, 6.45) is -8.02. The molecule has 0 spiro atoms. The van der Waals surface area contributed by atoms with Gasteiger partial charge in [-0.15, -0.1) is 0 Å². The number of carbonyl (C=O) groups is 2. The van der Waals surface area contributed by atoms with Crippen LogP contribution in [0.3, 0.4) is 0 Å². The van der Waals surface area contributed by atoms with Gasteiger partial charge < -0.3 is 15.3 Å². The zero-order valence-electron chi connectivity index (χ0n) is 20.9. The highest BCUT2D eigenvalue weighted by molar-refractivity contribution is 8.18. The summed E-state index contributed by atoms with van der Waals surface area (Å²) in [6.45, 7) is 2.04. The second kappa shape index (κ2) is 11.7. The standard InChI is InChI=1S/C24H28F6N4O3S/c1-13(35)19(21(36)33(2)3)31-20-18(38-22(37)32-20)10-14-6-8-34(9-7-14)12-15-4-5-16(23(25,26)27)11-17(15)24(28,29)30/h4-5,10-11,13-14,19,35H,6-9,12H2,1-3H3,(H,31,32,37)/b18-10-/t13-,19?/m1/s1. The van der Waals surface area contributed by atoms with Crippen molar-refractivity contribution in [1.82, 2.24) is 15.1 Å². The number of benzene rings is 1. The normalized spacial score (nSPS) is 21.6. The summed E-state index contributed by atoms with van der Waals surface area (Å²) in [4.78, 5) is 32.2. The molecule has 2 amide bonds. The molecule has 1 aromatic carbocycles. The van der Waals surface area contributed by atoms with E-state index in [1.165, 1.54) is 25.9 Å². The van der Waals surface area contributed by atoms with Gasteiger partial charge >= 0.3 is 12.4 Å². The van der Waals surface area contributed by atoms with Crippen LogP contribution in [-0.2, 0) is 23.7 Å². The SMILES string of the molecule is C[C@@H](O)C(N=C1NC(=O)S/C1=C\C1CCN(Cc2ccc(C(F)(F)F)cc2C(F)(F)F)CC1)C(=O)N(C)C. The number of likely N-dealkylation sites (N-methyl/N-ethyl adjacent to an activating group) is 1. The average molecular weight is 567 g/mol. The molecule has 1 aromatic rings. The summed E-state index contributed by atoms with van der Waals surface area (Å²) < 4.78 is 79.3. The molecule has 2 fully saturated rings. The van der Waals surface area contributed by atoms with Gasteiger partial charge in [-0.1, -0.05) is 12.1 Å². The zero-order chi connectivity index (χ0) is 28.4. The Morgan fingerprint density at radius 3 is 2.37 bits per heavy atom. The summed E-state index contributed by atoms with van der Waals surface area (Å²) in [6, 6.07) is 0.570. The van der Waals surface area contributed by atoms with E-state index in [0.717, 1.165) is 17.8 Å². The van der Waals surface area contributed by atoms with Crippen molar-refractivity contribution in [1.29, 1.82) is 0 Å². The van der Waals surface area contributed by atoms with Gasteiger partial charge in [0.2, 0.25) is 5.91 Å². The number of thioether (sulfide) groups is 1. The second-order valence-corrected chi connectivity index (χ2v) is 10.4. The van der Waals surface area contributed by atoms with E-state index in [-0.39, 0.29) is 29.9 Å². The van der Waals surface area contributed by atoms with Gasteiger partial charge in [-0.2, -0.15) is 26.3 Å². The number of nitrogens with one attached hydrogen (secondary N) is 1. The number of hydrogen-bond acceptors (Lipinski definition) is 6. The number of aliphatic hydroxyl groups excluding tert-OH is 1. The largest absolute Gasteiger partial charge is 0.416 e. The Morgan fingerprint density at radius 1 is 1.21 bits per heavy atom. The van der Waals surface area contributed by atoms with Crippen LogP contribution in [0.25, 0.3) is 0 Å². The maximum Gasteiger partial charge on any atom is 0.416 e. The van der Waals surface area contributed by atoms with Gasteiger partial charge in [-0.05, 0) is 68.2 Å². The molecular formula is C24H28F6N4O3S. The summed E-state index contributed by atoms with van der Waals surface area (Å²) in [5.41, 5.74) is -2.88. The molecule has 1 unspecified atom stereocenters. The highest BCUT2D eigenvalue weighted by Gasteiger charge is 2.38. The first-order chi connectivity index (χ1) is 17.6. The monoisotopic (exact) mass is 566 g/mol. The van der Waals surface area contributed by atoms with Crippen LogP contribution in [-0.4, -0.2) is 71.2 Å². The van der Waals surface area contributed by atoms with Gasteiger partial charge in [-0.3, -0.25) is 19.5 Å². The highest BCUT2D eigenvalue weighted by atomic mass is 32.2. The Kier molecular flexibility index (Phi) is 9.20. The average Bonchev–Trinajstić information content (AvgIpc) is 3.15. The molecule has 0 aliphatic carbocycles. The number of alkyl halides is 6. The summed E-state index contributed by atoms with van der Waals surface area (Å²) in [5.74, 6) is -0.313. The fraction of sp³-hybridized carbons (Fsp3) is 0.542. The fourth-order valence-corrected chi connectivity index (χ4v) is 5.01. The molecule has 3 rings (SSSR count). The molecular weight excluding hydrogens is 538 g/mol. The molecule has 0 radical (unpaired) electrons. The lowest BCUT2D eigenvalue weighted by Gasteiger charge is -2.31. The maximum absolute atomic E-state index is 13.5. The van der Waals surface area contributed by atoms with E-state index in [2.05, 4.69) is 10.3 Å². The minimum Gasteiger partial charge on any atom is -0.391 e. The van der Waals surface area contributed by atoms with E-state index in [1.54, 1.807) is 4.90 Å². The van der Waals surface area contributed by atoms with Gasteiger partial charge in [0.05, 0.1) is 22.1 Å². The first-order valence-corrected chi connectivity index (χ1v) is 12.6. The Bertz CT molecular complexity index is 1110. The number of halogens is 6. The molecule has 2 atom stereocenters. The van der Waals surface area contributed by atoms with Crippen molar-refractivity contribution >= 4 is 28.7 Å². The van der Waals surface area contributed by atoms with Crippen LogP contribution in [0, 0.1) is 5.92 Å². The van der Waals surface area contributed by atoms with E-state index in [1.807, 2.05) is 6.08 Å². The van der Waals surface area contributed by atoms with Crippen LogP contribution < -0.4 is 5.32 Å². The van der Waals surface area contributed by atoms with Crippen LogP contribution in [0.5, 0.6) is 0 Å². The Balaban J connectivity index is 1.72. The third-order valence-electron chi connectivity index (χ3n) is 6.23. The Morgan fingerprint density at radius 2 is 1.84 bits per heavy atom. The van der Waals surface area contributed by atoms with Crippen molar-refractivity contribution in [3.63, 3.8) is 0 Å². The third kappa shape index (κ3) is 7.50. The molecule has 2 N–H and O–H groups in total. The van der Waals surface area contributed by atoms with Crippen molar-refractivity contribution < 1.29 is 41.0 Å². The third-order valence-corrected chi connectivity index (χ3v) is 7.07. The van der Waals surface area contributed by atoms with Gasteiger partial charge in [0, 0.05) is 20.6 Å². The molecule has 2 heterocycles. The van der Waals surface area contributed by atoms with Crippen LogP contribution in [0.2, 0.25) is 0 Å². The number of piperidine rings is 1. The van der Waals surface area contributed by atoms with Crippen molar-refractivity contribution in [2.45, 2.75) is 50.8 Å². The molecule has 38 heavy (non-hydrogen) atoms. The molecule has 7 nitrogen and oxygen atoms in total. The number of carbonyl (C=O) groups excluding carboxylic acids is 2. The lowest BCUT2D eigenvalue weighted by molar-refractivity contribution is -0.143. The number of aliphatic imine (C=N–C) groups is 1. The minimum atomic E-state index is -4.92. The summed E-state index contributed by atoms with van der Waals surface area (Å²) in [5, 5.41) is 12.2. The molecule has 0 saturated carbocycles. The van der Waals surface area contributed by atoms with E-state index >= 15 is 0 Å². The number of hydrogen-bond donors (Lipinski definition) is 2. The van der Waals surface area contributed by atoms with Crippen molar-refractivity contribution in [2.75, 3.05) is 27.2 Å². The molecule has 210 valence electrons. The lowest BCUT2D eigenvalue weighted by atomic mass is 9.95. The number of rotatable bonds is 6. The Labute approximate surface area is 219 Å². The van der Waals surface area contributed by atoms with Gasteiger partial charge in [0.15, 0.2) is 6.04 Å². The van der Waals surface area contributed by atoms with Gasteiger partial charge in [0.1, 0.15) is 5.84 Å². The van der Waals surface area contributed by atoms with E-state index in [9.17, 15) is 41.0 Å². The van der Waals surface area contributed by atoms with Gasteiger partial charge in [0.25, 0.3) is 5.24 Å². The van der Waals surface area contributed by atoms with E-state index in [4.69, 9.17) is 0 Å². The number of amidine groups is 1. The van der Waals surface area contributed by atoms with Gasteiger partial charge in [-0.25, -0.2) is 0 Å². The molecule has 14 heteroatoms. The first-order valence-electron chi connectivity index (χ1n) is 11.7. The number of amides is 2. The molecule has 0 bridgehead atoms. The topological polar surface area (TPSA) is 85.2 Å². The first kappa shape index (κ1) is 30.0. The van der Waals surface area contributed by atoms with Crippen molar-refractivity contribution in [3.8, 4) is 0 Å². The smallest absolute Gasteiger partial charge is 0.391 e. The highest BCUT2D eigenvalue weighted by Crippen LogP contribution is 2.38. The molecule has 2 saturated heterocycles. The second-order valence-electron chi connectivity index (χ2n) is 9.42. The molecule has 2 aliphatic heterocycles. The van der Waals surface area contributed by atoms with E-state index in [0.29, 0.717) is 36.9 Å². The number of allylic oxidation sites excluding steroid dienone is 1. The zero-order valence-corrected chi connectivity index (χ0v) is 21.7. The quantitative estimate of drug-likeness (QED) is 0.495. The fourth-order valence-electron chi connectivity index (χ4n) is 4.20. The molecule has 2 aliphatic rings. The van der Waals surface area contributed by atoms with Crippen LogP contribution in [0.4, 0.5) is 31.1 Å². The predicted octanol–water partition coefficient (Wildman–Crippen LogP) is 4.51. The predicted molar refractivity (Wildman–Crippen MR) is 130 cm³/mol. The number of aliphatic hydroxyl groups is 1. The Hall–Kier alpha value is -2.58.